The summed E-state index contributed by atoms with van der Waals surface area (Å²) < 4.78 is 25.2. The second kappa shape index (κ2) is 7.43. The molecule has 1 rings (SSSR count). The maximum Gasteiger partial charge on any atom is 0.211 e. The van der Waals surface area contributed by atoms with Gasteiger partial charge >= 0.3 is 0 Å². The summed E-state index contributed by atoms with van der Waals surface area (Å²) >= 11 is 0. The predicted molar refractivity (Wildman–Crippen MR) is 73.0 cm³/mol. The minimum Gasteiger partial charge on any atom is -0.392 e. The lowest BCUT2D eigenvalue weighted by atomic mass is 9.96. The fourth-order valence-corrected chi connectivity index (χ4v) is 3.06. The van der Waals surface area contributed by atoms with Crippen LogP contribution in [-0.2, 0) is 10.0 Å². The summed E-state index contributed by atoms with van der Waals surface area (Å²) in [5, 5.41) is 9.98. The minimum atomic E-state index is -3.10. The predicted octanol–water partition coefficient (Wildman–Crippen LogP) is 0.551. The van der Waals surface area contributed by atoms with Gasteiger partial charge in [-0.3, -0.25) is 4.90 Å². The number of aliphatic hydroxyl groups excluding tert-OH is 1. The molecule has 0 amide bonds. The third-order valence-corrected chi connectivity index (χ3v) is 5.03. The Kier molecular flexibility index (Phi) is 6.55. The van der Waals surface area contributed by atoms with Crippen molar-refractivity contribution >= 4 is 10.0 Å². The Morgan fingerprint density at radius 2 is 2.11 bits per heavy atom. The Bertz CT molecular complexity index is 332. The number of hydrogen-bond acceptors (Lipinski definition) is 4. The molecule has 0 aromatic carbocycles. The van der Waals surface area contributed by atoms with Crippen LogP contribution in [0.2, 0.25) is 0 Å². The van der Waals surface area contributed by atoms with Crippen molar-refractivity contribution in [1.29, 1.82) is 0 Å². The zero-order valence-electron chi connectivity index (χ0n) is 11.4. The fourth-order valence-electron chi connectivity index (χ4n) is 2.45. The second-order valence-corrected chi connectivity index (χ2v) is 6.97. The minimum absolute atomic E-state index is 0.119. The van der Waals surface area contributed by atoms with Crippen molar-refractivity contribution in [3.05, 3.63) is 0 Å². The van der Waals surface area contributed by atoms with E-state index < -0.39 is 10.0 Å². The fraction of sp³-hybridized carbons (Fsp3) is 1.00. The molecule has 0 bridgehead atoms. The summed E-state index contributed by atoms with van der Waals surface area (Å²) in [4.78, 5) is 2.22. The molecule has 2 unspecified atom stereocenters. The molecule has 6 heteroatoms. The lowest BCUT2D eigenvalue weighted by molar-refractivity contribution is 0.0254. The van der Waals surface area contributed by atoms with Crippen LogP contribution >= 0.6 is 0 Å². The van der Waals surface area contributed by atoms with E-state index in [0.717, 1.165) is 32.2 Å². The van der Waals surface area contributed by atoms with Crippen LogP contribution in [0.4, 0.5) is 0 Å². The van der Waals surface area contributed by atoms with Gasteiger partial charge in [0.05, 0.1) is 11.9 Å². The molecule has 1 aliphatic rings. The van der Waals surface area contributed by atoms with E-state index in [-0.39, 0.29) is 17.9 Å². The SMILES string of the molecule is CCC(O)C1CCCCN1CCNS(=O)(=O)CC. The van der Waals surface area contributed by atoms with Gasteiger partial charge in [0, 0.05) is 19.1 Å². The molecule has 1 fully saturated rings. The molecular weight excluding hydrogens is 252 g/mol. The zero-order valence-corrected chi connectivity index (χ0v) is 12.2. The maximum absolute atomic E-state index is 11.3. The van der Waals surface area contributed by atoms with Gasteiger partial charge in [0.1, 0.15) is 0 Å². The van der Waals surface area contributed by atoms with E-state index in [4.69, 9.17) is 0 Å². The number of likely N-dealkylation sites (tertiary alicyclic amines) is 1. The summed E-state index contributed by atoms with van der Waals surface area (Å²) in [5.41, 5.74) is 0. The Balaban J connectivity index is 2.43. The summed E-state index contributed by atoms with van der Waals surface area (Å²) in [5.74, 6) is 0.119. The van der Waals surface area contributed by atoms with Gasteiger partial charge in [-0.2, -0.15) is 0 Å². The first-order chi connectivity index (χ1) is 8.50. The number of rotatable bonds is 7. The highest BCUT2D eigenvalue weighted by Gasteiger charge is 2.27. The van der Waals surface area contributed by atoms with Crippen molar-refractivity contribution < 1.29 is 13.5 Å². The van der Waals surface area contributed by atoms with E-state index >= 15 is 0 Å². The highest BCUT2D eigenvalue weighted by Crippen LogP contribution is 2.20. The highest BCUT2D eigenvalue weighted by atomic mass is 32.2. The van der Waals surface area contributed by atoms with Crippen molar-refractivity contribution in [1.82, 2.24) is 9.62 Å². The van der Waals surface area contributed by atoms with E-state index in [1.54, 1.807) is 6.92 Å². The number of piperidine rings is 1. The molecule has 0 aromatic rings. The Hall–Kier alpha value is -0.170. The van der Waals surface area contributed by atoms with Crippen LogP contribution in [0, 0.1) is 0 Å². The molecule has 1 aliphatic heterocycles. The monoisotopic (exact) mass is 278 g/mol. The van der Waals surface area contributed by atoms with E-state index in [0.29, 0.717) is 13.1 Å². The van der Waals surface area contributed by atoms with Crippen molar-refractivity contribution in [3.63, 3.8) is 0 Å². The smallest absolute Gasteiger partial charge is 0.211 e. The number of aliphatic hydroxyl groups is 1. The lowest BCUT2D eigenvalue weighted by Gasteiger charge is -2.38. The van der Waals surface area contributed by atoms with E-state index in [9.17, 15) is 13.5 Å². The first-order valence-electron chi connectivity index (χ1n) is 6.89. The molecule has 2 atom stereocenters. The summed E-state index contributed by atoms with van der Waals surface area (Å²) in [6.45, 7) is 5.68. The number of nitrogens with one attached hydrogen (secondary N) is 1. The zero-order chi connectivity index (χ0) is 13.6. The molecule has 0 radical (unpaired) electrons. The third-order valence-electron chi connectivity index (χ3n) is 3.63. The van der Waals surface area contributed by atoms with Gasteiger partial charge in [-0.1, -0.05) is 13.3 Å². The van der Waals surface area contributed by atoms with E-state index in [1.807, 2.05) is 6.92 Å². The molecule has 1 heterocycles. The molecule has 18 heavy (non-hydrogen) atoms. The van der Waals surface area contributed by atoms with Crippen molar-refractivity contribution in [2.45, 2.75) is 51.7 Å². The van der Waals surface area contributed by atoms with Crippen molar-refractivity contribution in [2.75, 3.05) is 25.4 Å². The van der Waals surface area contributed by atoms with E-state index in [2.05, 4.69) is 9.62 Å². The van der Waals surface area contributed by atoms with Crippen LogP contribution in [0.5, 0.6) is 0 Å². The van der Waals surface area contributed by atoms with Gasteiger partial charge in [-0.05, 0) is 32.7 Å². The first kappa shape index (κ1) is 15.9. The Morgan fingerprint density at radius 1 is 1.39 bits per heavy atom. The van der Waals surface area contributed by atoms with Gasteiger partial charge in [0.25, 0.3) is 0 Å². The van der Waals surface area contributed by atoms with Crippen molar-refractivity contribution in [3.8, 4) is 0 Å². The number of sulfonamides is 1. The van der Waals surface area contributed by atoms with Crippen LogP contribution in [0.3, 0.4) is 0 Å². The van der Waals surface area contributed by atoms with Gasteiger partial charge in [0.2, 0.25) is 10.0 Å². The van der Waals surface area contributed by atoms with Crippen LogP contribution in [0.25, 0.3) is 0 Å². The molecule has 5 nitrogen and oxygen atoms in total. The lowest BCUT2D eigenvalue weighted by Crippen LogP contribution is -2.49. The molecule has 108 valence electrons. The molecule has 1 saturated heterocycles. The molecule has 0 aliphatic carbocycles. The topological polar surface area (TPSA) is 69.6 Å². The van der Waals surface area contributed by atoms with Gasteiger partial charge in [-0.25, -0.2) is 13.1 Å². The average Bonchev–Trinajstić information content (AvgIpc) is 2.38. The standard InChI is InChI=1S/C12H26N2O3S/c1-3-12(15)11-7-5-6-9-14(11)10-8-13-18(16,17)4-2/h11-13,15H,3-10H2,1-2H3. The number of hydrogen-bond donors (Lipinski definition) is 2. The maximum atomic E-state index is 11.3. The second-order valence-electron chi connectivity index (χ2n) is 4.87. The Morgan fingerprint density at radius 3 is 2.72 bits per heavy atom. The molecular formula is C12H26N2O3S. The summed E-state index contributed by atoms with van der Waals surface area (Å²) in [7, 11) is -3.10. The first-order valence-corrected chi connectivity index (χ1v) is 8.54. The van der Waals surface area contributed by atoms with Crippen LogP contribution in [0.15, 0.2) is 0 Å². The van der Waals surface area contributed by atoms with Gasteiger partial charge in [0.15, 0.2) is 0 Å². The Labute approximate surface area is 111 Å². The molecule has 0 saturated carbocycles. The van der Waals surface area contributed by atoms with Crippen LogP contribution in [-0.4, -0.2) is 56.0 Å². The number of nitrogens with zero attached hydrogens (tertiary/aromatic N) is 1. The van der Waals surface area contributed by atoms with Gasteiger partial charge in [-0.15, -0.1) is 0 Å². The van der Waals surface area contributed by atoms with Crippen LogP contribution < -0.4 is 4.72 Å². The highest BCUT2D eigenvalue weighted by molar-refractivity contribution is 7.89. The summed E-state index contributed by atoms with van der Waals surface area (Å²) in [6.07, 6.45) is 3.75. The largest absolute Gasteiger partial charge is 0.392 e. The molecule has 0 aromatic heterocycles. The summed E-state index contributed by atoms with van der Waals surface area (Å²) in [6, 6.07) is 0.190. The average molecular weight is 278 g/mol. The van der Waals surface area contributed by atoms with Gasteiger partial charge < -0.3 is 5.11 Å². The molecule has 0 spiro atoms. The quantitative estimate of drug-likeness (QED) is 0.713. The van der Waals surface area contributed by atoms with Crippen molar-refractivity contribution in [2.24, 2.45) is 0 Å². The third kappa shape index (κ3) is 4.84. The normalized spacial score (nSPS) is 24.1. The van der Waals surface area contributed by atoms with E-state index in [1.165, 1.54) is 0 Å². The van der Waals surface area contributed by atoms with Crippen LogP contribution in [0.1, 0.15) is 39.5 Å². The molecule has 2 N–H and O–H groups in total.